The van der Waals surface area contributed by atoms with Gasteiger partial charge in [0.1, 0.15) is 90.3 Å². The minimum absolute atomic E-state index is 0.00256. The number of nitrogen functional groups attached to an aromatic ring is 4. The molecule has 9 unspecified atom stereocenters. The highest BCUT2D eigenvalue weighted by molar-refractivity contribution is 7.66. The van der Waals surface area contributed by atoms with Crippen LogP contribution in [0.3, 0.4) is 0 Å². The first-order valence-electron chi connectivity index (χ1n) is 27.6. The molecule has 55 heteroatoms. The van der Waals surface area contributed by atoms with Gasteiger partial charge in [0, 0.05) is 0 Å². The topological polar surface area (TPSA) is 697 Å². The molecule has 8 aromatic heterocycles. The van der Waals surface area contributed by atoms with Gasteiger partial charge in [0.05, 0.1) is 59.1 Å². The Morgan fingerprint density at radius 2 is 1.14 bits per heavy atom. The number of rotatable bonds is 24. The molecule has 49 nitrogen and oxygen atoms in total. The van der Waals surface area contributed by atoms with Gasteiger partial charge in [-0.2, -0.15) is 13.6 Å². The molecule has 5 aliphatic rings. The minimum Gasteiger partial charge on any atom is -0.387 e. The van der Waals surface area contributed by atoms with Crippen LogP contribution in [0, 0.1) is 0 Å². The number of fused-ring (bicyclic) bond motifs is 6. The summed E-state index contributed by atoms with van der Waals surface area (Å²) < 4.78 is 159. The molecule has 0 saturated carbocycles. The maximum absolute atomic E-state index is 17.1. The van der Waals surface area contributed by atoms with Crippen molar-refractivity contribution in [3.8, 4) is 0 Å². The van der Waals surface area contributed by atoms with Gasteiger partial charge in [0.2, 0.25) is 17.7 Å². The van der Waals surface area contributed by atoms with Crippen molar-refractivity contribution in [3.05, 3.63) is 58.7 Å². The highest BCUT2D eigenvalue weighted by Gasteiger charge is 2.66. The van der Waals surface area contributed by atoms with E-state index in [1.807, 2.05) is 0 Å². The van der Waals surface area contributed by atoms with Crippen molar-refractivity contribution >= 4 is 107 Å². The van der Waals surface area contributed by atoms with Crippen molar-refractivity contribution in [2.24, 2.45) is 7.05 Å². The number of nitrogens with zero attached hydrogens (tertiary/aromatic N) is 14. The van der Waals surface area contributed by atoms with Crippen molar-refractivity contribution in [1.82, 2.24) is 73.1 Å². The number of aliphatic hydroxyl groups excluding tert-OH is 4. The van der Waals surface area contributed by atoms with Crippen LogP contribution in [-0.2, 0) is 89.3 Å². The molecule has 13 rings (SSSR count). The number of anilines is 4. The van der Waals surface area contributed by atoms with Gasteiger partial charge in [-0.1, -0.05) is 4.98 Å². The van der Waals surface area contributed by atoms with Crippen LogP contribution in [0.5, 0.6) is 0 Å². The number of nitrogens with one attached hydrogen (secondary N) is 2. The second-order valence-corrected chi connectivity index (χ2v) is 29.4. The number of aliphatic hydroxyl groups is 4. The Hall–Kier alpha value is -6.80. The van der Waals surface area contributed by atoms with Crippen molar-refractivity contribution in [1.29, 1.82) is 0 Å². The van der Waals surface area contributed by atoms with Crippen LogP contribution in [-0.4, -0.2) is 224 Å². The molecule has 0 radical (unpaired) electrons. The number of halogens is 1. The predicted molar refractivity (Wildman–Crippen MR) is 306 cm³/mol. The summed E-state index contributed by atoms with van der Waals surface area (Å²) in [6.45, 7) is -5.70. The van der Waals surface area contributed by atoms with E-state index in [4.69, 9.17) is 73.8 Å². The number of aromatic amines is 2. The molecule has 0 spiro atoms. The molecule has 13 heterocycles. The number of phosphoric ester groups is 4. The van der Waals surface area contributed by atoms with Crippen molar-refractivity contribution < 1.29 is 136 Å². The molecule has 19 N–H and O–H groups in total. The lowest BCUT2D eigenvalue weighted by Crippen LogP contribution is -2.46. The Balaban J connectivity index is 0.698. The first-order chi connectivity index (χ1) is 45.6. The van der Waals surface area contributed by atoms with Crippen LogP contribution < -0.4 is 38.6 Å². The van der Waals surface area contributed by atoms with E-state index in [1.165, 1.54) is 22.5 Å². The number of aromatic nitrogens is 16. The number of alkyl halides is 1. The number of hydrogen-bond donors (Lipinski definition) is 15. The maximum atomic E-state index is 17.1. The molecule has 526 valence electrons. The van der Waals surface area contributed by atoms with E-state index in [-0.39, 0.29) is 68.2 Å². The summed E-state index contributed by atoms with van der Waals surface area (Å²) in [4.78, 5) is 120. The quantitative estimate of drug-likeness (QED) is 0.0199. The average Bonchev–Trinajstić information content (AvgIpc) is 1.56. The molecule has 0 amide bonds. The first-order valence-corrected chi connectivity index (χ1v) is 35.1. The van der Waals surface area contributed by atoms with Crippen molar-refractivity contribution in [2.75, 3.05) is 56.0 Å². The zero-order chi connectivity index (χ0) is 69.4. The number of nitrogens with two attached hydrogens (primary N) is 4. The minimum atomic E-state index is -6.35. The summed E-state index contributed by atoms with van der Waals surface area (Å²) in [5.41, 5.74) is 18.6. The average molecular weight is 1480 g/mol. The molecule has 0 aromatic carbocycles. The maximum Gasteiger partial charge on any atom is 0.490 e. The summed E-state index contributed by atoms with van der Waals surface area (Å²) in [7, 11) is -28.5. The normalized spacial score (nSPS) is 32.1. The van der Waals surface area contributed by atoms with Crippen LogP contribution in [0.1, 0.15) is 24.9 Å². The second kappa shape index (κ2) is 25.1. The van der Waals surface area contributed by atoms with Gasteiger partial charge in [0.15, 0.2) is 65.3 Å². The summed E-state index contributed by atoms with van der Waals surface area (Å²) in [5, 5.41) is 43.6. The number of ether oxygens (including phenoxy) is 5. The third kappa shape index (κ3) is 13.0. The third-order valence-electron chi connectivity index (χ3n) is 15.6. The summed E-state index contributed by atoms with van der Waals surface area (Å²) in [6, 6.07) is 0. The fourth-order valence-electron chi connectivity index (χ4n) is 11.3. The van der Waals surface area contributed by atoms with Crippen LogP contribution in [0.15, 0.2) is 47.6 Å². The summed E-state index contributed by atoms with van der Waals surface area (Å²) >= 11 is 0. The lowest BCUT2D eigenvalue weighted by atomic mass is 10.0. The van der Waals surface area contributed by atoms with Crippen LogP contribution in [0.25, 0.3) is 44.7 Å². The van der Waals surface area contributed by atoms with E-state index in [0.717, 1.165) is 45.3 Å². The van der Waals surface area contributed by atoms with E-state index < -0.39 is 181 Å². The smallest absolute Gasteiger partial charge is 0.387 e. The zero-order valence-corrected chi connectivity index (χ0v) is 53.0. The van der Waals surface area contributed by atoms with Crippen LogP contribution >= 0.6 is 39.1 Å². The lowest BCUT2D eigenvalue weighted by Gasteiger charge is -2.32. The van der Waals surface area contributed by atoms with Crippen LogP contribution in [0.4, 0.5) is 27.9 Å². The fraction of sp³-hybridized carbons (Fsp3) is 0.524. The van der Waals surface area contributed by atoms with Gasteiger partial charge < -0.3 is 91.5 Å². The first kappa shape index (κ1) is 68.7. The molecule has 5 fully saturated rings. The Kier molecular flexibility index (Phi) is 17.8. The van der Waals surface area contributed by atoms with Gasteiger partial charge in [-0.05, 0) is 0 Å². The zero-order valence-electron chi connectivity index (χ0n) is 48.5. The summed E-state index contributed by atoms with van der Waals surface area (Å²) in [5.74, 6) is -1.01. The van der Waals surface area contributed by atoms with E-state index in [1.54, 1.807) is 0 Å². The van der Waals surface area contributed by atoms with Gasteiger partial charge in [-0.3, -0.25) is 65.0 Å². The van der Waals surface area contributed by atoms with E-state index >= 15 is 4.39 Å². The molecule has 21 atom stereocenters. The standard InChI is InChI=1S/C42H52FN20O29P5/c1-59-12-63(33-20(59)35(69)58-41(47)56-33)38-24(67)22(65)14(86-38)3-82-95(74,75)91-97(78,79)92-96(76,77)83-4-15-25(16(43)36(87-15)60-9-52-17-28(44)48-7-50-30(17)60)89-94(72,73)84-6-42-5-80-26(39(88-42)61-10-53-18-29(45)49-8-51-31(18)61)27(42)90-93(70,71)81-2-13-21(64)23(66)37(85-13)62-11-54-19-32(62)55-40(46)57-34(19)68/h7-16,21-27,36-39,64-67H,2-6H2,1H3,(H14-,44,45,46,47,48,49,50,51,55,56,57,58,68,69,70,71,72,73,74,75,76,77,78,79)/p+1/t13-,14-,15-,16?,21+,22+,23?,24?,25+,26?,27-,36-,37-,38-,39-,42-/m1/s1. The second-order valence-electron chi connectivity index (χ2n) is 21.9. The Morgan fingerprint density at radius 1 is 0.619 bits per heavy atom. The Bertz CT molecular complexity index is 4780. The monoisotopic (exact) mass is 1480 g/mol. The van der Waals surface area contributed by atoms with Crippen molar-refractivity contribution in [2.45, 2.75) is 97.7 Å². The van der Waals surface area contributed by atoms with Gasteiger partial charge in [-0.15, -0.1) is 0 Å². The summed E-state index contributed by atoms with van der Waals surface area (Å²) in [6.07, 6.45) is -21.9. The van der Waals surface area contributed by atoms with Gasteiger partial charge >= 0.3 is 44.8 Å². The molecule has 2 bridgehead atoms. The highest BCUT2D eigenvalue weighted by Crippen LogP contribution is 2.68. The van der Waals surface area contributed by atoms with Crippen LogP contribution in [0.2, 0.25) is 0 Å². The third-order valence-corrected chi connectivity index (χ3v) is 21.8. The van der Waals surface area contributed by atoms with Gasteiger partial charge in [-0.25, -0.2) is 66.7 Å². The molecule has 5 saturated heterocycles. The molecular weight excluding hydrogens is 1420 g/mol. The molecule has 8 aromatic rings. The Morgan fingerprint density at radius 3 is 1.78 bits per heavy atom. The van der Waals surface area contributed by atoms with E-state index in [0.29, 0.717) is 0 Å². The number of hydrogen-bond acceptors (Lipinski definition) is 37. The molecule has 97 heavy (non-hydrogen) atoms. The number of aryl methyl sites for hydroxylation is 1. The SMILES string of the molecule is Cn1c[n+]([C@@H]2O[C@H](COP(=O)(O)OP(=O)(O)OP(=O)(O)OC[C@H]3O[C@@H](n4cnc5c(N)ncnc54)C(F)[C@H]3OP(=O)(O)OC[C@@]34COC([C@H](n5cnc6c(N)ncnc65)O3)[C@H]4OP(=O)(O)OC[C@H]3O[C@@H](n4cnc5c(=O)[nH]c(N)nc54)C(O)[C@H]3O)[C@H](O)C2O)c2nc(N)[nH]c(=O)c21. The fourth-order valence-corrected chi connectivity index (χ4v) is 16.8. The number of phosphoric acid groups is 5. The highest BCUT2D eigenvalue weighted by atomic mass is 31.3. The molecule has 5 aliphatic heterocycles. The van der Waals surface area contributed by atoms with E-state index in [9.17, 15) is 77.3 Å². The predicted octanol–water partition coefficient (Wildman–Crippen LogP) is -4.80. The number of imidazole rings is 4. The van der Waals surface area contributed by atoms with Crippen molar-refractivity contribution in [3.63, 3.8) is 0 Å². The van der Waals surface area contributed by atoms with Gasteiger partial charge in [0.25, 0.3) is 17.1 Å². The Labute approximate surface area is 534 Å². The molecular formula is C42H53FN20O29P5+. The largest absolute Gasteiger partial charge is 0.490 e. The molecule has 0 aliphatic carbocycles. The number of H-pyrrole nitrogens is 2. The van der Waals surface area contributed by atoms with E-state index in [2.05, 4.69) is 63.4 Å². The lowest BCUT2D eigenvalue weighted by molar-refractivity contribution is -0.745.